The molecule has 21 heavy (non-hydrogen) atoms. The first kappa shape index (κ1) is 14.5. The summed E-state index contributed by atoms with van der Waals surface area (Å²) in [6.45, 7) is 6.33. The smallest absolute Gasteiger partial charge is 0.162 e. The lowest BCUT2D eigenvalue weighted by Gasteiger charge is -2.29. The molecule has 0 saturated carbocycles. The van der Waals surface area contributed by atoms with Crippen LogP contribution in [0, 0.1) is 0 Å². The molecule has 0 aliphatic carbocycles. The van der Waals surface area contributed by atoms with E-state index in [1.807, 2.05) is 26.8 Å². The van der Waals surface area contributed by atoms with E-state index in [0.29, 0.717) is 18.1 Å². The fraction of sp³-hybridized carbons (Fsp3) is 0.429. The lowest BCUT2D eigenvalue weighted by molar-refractivity contribution is 0.310. The molecule has 0 radical (unpaired) electrons. The Hall–Kier alpha value is -1.47. The van der Waals surface area contributed by atoms with Gasteiger partial charge in [-0.05, 0) is 38.4 Å². The number of ether oxygens (including phenoxy) is 2. The predicted octanol–water partition coefficient (Wildman–Crippen LogP) is 2.97. The number of rotatable bonds is 3. The normalized spacial score (nSPS) is 18.8. The van der Waals surface area contributed by atoms with E-state index in [-0.39, 0.29) is 0 Å². The predicted molar refractivity (Wildman–Crippen MR) is 82.5 cm³/mol. The van der Waals surface area contributed by atoms with Crippen molar-refractivity contribution >= 4 is 22.3 Å². The Kier molecular flexibility index (Phi) is 3.49. The van der Waals surface area contributed by atoms with Gasteiger partial charge in [0, 0.05) is 11.6 Å². The molecule has 1 aliphatic rings. The highest BCUT2D eigenvalue weighted by atomic mass is 32.2. The summed E-state index contributed by atoms with van der Waals surface area (Å²) < 4.78 is 27.4. The minimum absolute atomic E-state index is 0.505. The standard InChI is InChI=1S/C14H16N2O3S2/c1-5-19-10-7-11-8(6-9(10)18-4)12-13(20-16-15-12)14(2,3)21(11)17/h6-7H,5H2,1-4H3. The Morgan fingerprint density at radius 1 is 1.33 bits per heavy atom. The molecule has 2 heterocycles. The summed E-state index contributed by atoms with van der Waals surface area (Å²) >= 11 is 1.30. The van der Waals surface area contributed by atoms with Gasteiger partial charge in [0.2, 0.25) is 0 Å². The van der Waals surface area contributed by atoms with Gasteiger partial charge in [0.05, 0.1) is 39.0 Å². The zero-order valence-electron chi connectivity index (χ0n) is 12.3. The summed E-state index contributed by atoms with van der Waals surface area (Å²) in [5, 5.41) is 4.22. The van der Waals surface area contributed by atoms with Gasteiger partial charge in [-0.2, -0.15) is 0 Å². The fourth-order valence-electron chi connectivity index (χ4n) is 2.43. The molecular weight excluding hydrogens is 308 g/mol. The van der Waals surface area contributed by atoms with Crippen LogP contribution < -0.4 is 9.47 Å². The highest BCUT2D eigenvalue weighted by molar-refractivity contribution is 7.86. The maximum atomic E-state index is 12.9. The molecule has 1 unspecified atom stereocenters. The van der Waals surface area contributed by atoms with E-state index >= 15 is 0 Å². The van der Waals surface area contributed by atoms with Crippen molar-refractivity contribution in [3.8, 4) is 22.8 Å². The summed E-state index contributed by atoms with van der Waals surface area (Å²) in [7, 11) is 0.397. The highest BCUT2D eigenvalue weighted by Gasteiger charge is 2.41. The van der Waals surface area contributed by atoms with Crippen LogP contribution in [0.5, 0.6) is 11.5 Å². The zero-order valence-corrected chi connectivity index (χ0v) is 13.9. The Bertz CT molecular complexity index is 725. The first-order valence-electron chi connectivity index (χ1n) is 6.60. The first-order valence-corrected chi connectivity index (χ1v) is 8.53. The Morgan fingerprint density at radius 2 is 2.10 bits per heavy atom. The molecule has 1 aromatic carbocycles. The summed E-state index contributed by atoms with van der Waals surface area (Å²) in [6, 6.07) is 3.64. The monoisotopic (exact) mass is 324 g/mol. The van der Waals surface area contributed by atoms with Gasteiger partial charge in [0.15, 0.2) is 11.5 Å². The molecular formula is C14H16N2O3S2. The summed E-state index contributed by atoms with van der Waals surface area (Å²) in [6.07, 6.45) is 0. The van der Waals surface area contributed by atoms with Crippen molar-refractivity contribution in [3.05, 3.63) is 17.0 Å². The quantitative estimate of drug-likeness (QED) is 0.868. The van der Waals surface area contributed by atoms with E-state index in [9.17, 15) is 4.21 Å². The topological polar surface area (TPSA) is 61.3 Å². The maximum Gasteiger partial charge on any atom is 0.162 e. The van der Waals surface area contributed by atoms with Crippen molar-refractivity contribution in [2.75, 3.05) is 13.7 Å². The third-order valence-electron chi connectivity index (χ3n) is 3.52. The number of benzene rings is 1. The largest absolute Gasteiger partial charge is 0.493 e. The van der Waals surface area contributed by atoms with Crippen LogP contribution in [0.3, 0.4) is 0 Å². The van der Waals surface area contributed by atoms with Gasteiger partial charge in [0.25, 0.3) is 0 Å². The average molecular weight is 324 g/mol. The maximum absolute atomic E-state index is 12.9. The zero-order chi connectivity index (χ0) is 15.2. The van der Waals surface area contributed by atoms with Gasteiger partial charge >= 0.3 is 0 Å². The Morgan fingerprint density at radius 3 is 2.76 bits per heavy atom. The van der Waals surface area contributed by atoms with Crippen LogP contribution >= 0.6 is 11.5 Å². The molecule has 0 N–H and O–H groups in total. The second-order valence-corrected chi connectivity index (χ2v) is 7.91. The molecule has 1 aromatic heterocycles. The van der Waals surface area contributed by atoms with Crippen LogP contribution in [-0.2, 0) is 15.5 Å². The van der Waals surface area contributed by atoms with Crippen molar-refractivity contribution in [2.24, 2.45) is 0 Å². The van der Waals surface area contributed by atoms with Gasteiger partial charge in [0.1, 0.15) is 5.69 Å². The van der Waals surface area contributed by atoms with E-state index < -0.39 is 15.5 Å². The van der Waals surface area contributed by atoms with Crippen molar-refractivity contribution < 1.29 is 13.7 Å². The van der Waals surface area contributed by atoms with Gasteiger partial charge in [-0.3, -0.25) is 4.21 Å². The van der Waals surface area contributed by atoms with Crippen LogP contribution in [0.4, 0.5) is 0 Å². The minimum atomic E-state index is -1.19. The van der Waals surface area contributed by atoms with E-state index in [1.165, 1.54) is 11.5 Å². The van der Waals surface area contributed by atoms with E-state index in [0.717, 1.165) is 21.0 Å². The Labute approximate surface area is 129 Å². The molecule has 0 spiro atoms. The summed E-state index contributed by atoms with van der Waals surface area (Å²) in [5.74, 6) is 1.22. The number of fused-ring (bicyclic) bond motifs is 3. The minimum Gasteiger partial charge on any atom is -0.493 e. The first-order chi connectivity index (χ1) is 10.0. The van der Waals surface area contributed by atoms with Crippen molar-refractivity contribution in [1.82, 2.24) is 9.59 Å². The SMILES string of the molecule is CCOc1cc2c(cc1OC)-c1nnsc1C(C)(C)S2=O. The number of hydrogen-bond acceptors (Lipinski definition) is 6. The molecule has 7 heteroatoms. The van der Waals surface area contributed by atoms with Gasteiger partial charge in [-0.25, -0.2) is 0 Å². The third-order valence-corrected chi connectivity index (χ3v) is 6.57. The Balaban J connectivity index is 2.28. The van der Waals surface area contributed by atoms with Gasteiger partial charge < -0.3 is 9.47 Å². The van der Waals surface area contributed by atoms with E-state index in [2.05, 4.69) is 9.59 Å². The van der Waals surface area contributed by atoms with Crippen LogP contribution in [0.25, 0.3) is 11.3 Å². The fourth-order valence-corrected chi connectivity index (χ4v) is 4.81. The number of aromatic nitrogens is 2. The second-order valence-electron chi connectivity index (χ2n) is 5.16. The van der Waals surface area contributed by atoms with Crippen LogP contribution in [0.2, 0.25) is 0 Å². The molecule has 1 aliphatic heterocycles. The number of methoxy groups -OCH3 is 1. The van der Waals surface area contributed by atoms with Crippen LogP contribution in [0.1, 0.15) is 25.6 Å². The summed E-state index contributed by atoms with van der Waals surface area (Å²) in [5.41, 5.74) is 1.61. The molecule has 1 atom stereocenters. The van der Waals surface area contributed by atoms with Crippen LogP contribution in [0.15, 0.2) is 17.0 Å². The van der Waals surface area contributed by atoms with Crippen molar-refractivity contribution in [1.29, 1.82) is 0 Å². The molecule has 0 saturated heterocycles. The lowest BCUT2D eigenvalue weighted by Crippen LogP contribution is -2.27. The van der Waals surface area contributed by atoms with Crippen molar-refractivity contribution in [2.45, 2.75) is 30.4 Å². The number of nitrogens with zero attached hydrogens (tertiary/aromatic N) is 2. The molecule has 0 fully saturated rings. The molecule has 0 bridgehead atoms. The van der Waals surface area contributed by atoms with Gasteiger partial charge in [-0.1, -0.05) is 4.49 Å². The highest BCUT2D eigenvalue weighted by Crippen LogP contribution is 2.49. The van der Waals surface area contributed by atoms with Gasteiger partial charge in [-0.15, -0.1) is 5.10 Å². The summed E-state index contributed by atoms with van der Waals surface area (Å²) in [4.78, 5) is 1.67. The molecule has 112 valence electrons. The average Bonchev–Trinajstić information content (AvgIpc) is 2.95. The van der Waals surface area contributed by atoms with E-state index in [4.69, 9.17) is 9.47 Å². The third kappa shape index (κ3) is 2.06. The molecule has 0 amide bonds. The molecule has 3 rings (SSSR count). The van der Waals surface area contributed by atoms with Crippen LogP contribution in [-0.4, -0.2) is 27.5 Å². The van der Waals surface area contributed by atoms with E-state index in [1.54, 1.807) is 13.2 Å². The molecule has 2 aromatic rings. The second kappa shape index (κ2) is 5.06. The van der Waals surface area contributed by atoms with Crippen molar-refractivity contribution in [3.63, 3.8) is 0 Å². The lowest BCUT2D eigenvalue weighted by atomic mass is 10.0. The molecule has 5 nitrogen and oxygen atoms in total. The number of hydrogen-bond donors (Lipinski definition) is 0.